The summed E-state index contributed by atoms with van der Waals surface area (Å²) in [6, 6.07) is 8.41. The first-order valence-electron chi connectivity index (χ1n) is 8.26. The maximum absolute atomic E-state index is 10.8. The Morgan fingerprint density at radius 1 is 0.923 bits per heavy atom. The molecule has 0 aliphatic carbocycles. The fraction of sp³-hybridized carbons (Fsp3) is 0.368. The Bertz CT molecular complexity index is 850. The summed E-state index contributed by atoms with van der Waals surface area (Å²) < 4.78 is 30.3. The molecule has 1 radical (unpaired) electrons. The van der Waals surface area contributed by atoms with Gasteiger partial charge in [0.1, 0.15) is 0 Å². The second kappa shape index (κ2) is 9.24. The fourth-order valence-electron chi connectivity index (χ4n) is 3.02. The predicted molar refractivity (Wildman–Crippen MR) is 111 cm³/mol. The summed E-state index contributed by atoms with van der Waals surface area (Å²) in [5.74, 6) is -0.236. The Kier molecular flexibility index (Phi) is 8.17. The van der Waals surface area contributed by atoms with E-state index in [-0.39, 0.29) is 35.3 Å². The summed E-state index contributed by atoms with van der Waals surface area (Å²) in [6.07, 6.45) is 0.357. The first-order chi connectivity index (χ1) is 11.6. The van der Waals surface area contributed by atoms with E-state index in [9.17, 15) is 8.42 Å². The topological polar surface area (TPSA) is 92.4 Å². The SMILES string of the molecule is Cc1cc(-c2cc(C)c(NCCCS(=O)(=O)O)c(C)c2)cc(C)c1N.[Na]. The number of hydrogen-bond donors (Lipinski definition) is 3. The molecular formula is C19H26N2NaO3S. The van der Waals surface area contributed by atoms with Crippen molar-refractivity contribution in [2.45, 2.75) is 34.1 Å². The standard InChI is InChI=1S/C19H26N2O3S.Na/c1-12-8-16(9-13(2)18(12)20)17-10-14(3)19(15(4)11-17)21-6-5-7-25(22,23)24;/h8-11,21H,5-7,20H2,1-4H3,(H,22,23,24);. The minimum atomic E-state index is -3.90. The van der Waals surface area contributed by atoms with Crippen LogP contribution >= 0.6 is 0 Å². The molecule has 0 unspecified atom stereocenters. The second-order valence-corrected chi connectivity index (χ2v) is 8.15. The third-order valence-electron chi connectivity index (χ3n) is 4.34. The van der Waals surface area contributed by atoms with E-state index in [4.69, 9.17) is 10.3 Å². The molecule has 0 aliphatic heterocycles. The largest absolute Gasteiger partial charge is 0.398 e. The van der Waals surface area contributed by atoms with Gasteiger partial charge in [0, 0.05) is 47.5 Å². The van der Waals surface area contributed by atoms with Crippen molar-refractivity contribution in [3.8, 4) is 11.1 Å². The summed E-state index contributed by atoms with van der Waals surface area (Å²) >= 11 is 0. The van der Waals surface area contributed by atoms with Crippen molar-refractivity contribution in [2.75, 3.05) is 23.3 Å². The molecular weight excluding hydrogens is 359 g/mol. The van der Waals surface area contributed by atoms with Gasteiger partial charge in [0.15, 0.2) is 0 Å². The van der Waals surface area contributed by atoms with Crippen LogP contribution in [-0.4, -0.2) is 54.8 Å². The molecule has 7 heteroatoms. The predicted octanol–water partition coefficient (Wildman–Crippen LogP) is 3.48. The number of nitrogens with one attached hydrogen (secondary N) is 1. The number of nitrogens with two attached hydrogens (primary N) is 1. The quantitative estimate of drug-likeness (QED) is 0.306. The van der Waals surface area contributed by atoms with E-state index in [2.05, 4.69) is 29.6 Å². The van der Waals surface area contributed by atoms with Gasteiger partial charge < -0.3 is 11.1 Å². The van der Waals surface area contributed by atoms with E-state index in [1.54, 1.807) is 0 Å². The molecule has 0 saturated heterocycles. The van der Waals surface area contributed by atoms with Crippen LogP contribution in [0.25, 0.3) is 11.1 Å². The molecule has 0 aromatic heterocycles. The van der Waals surface area contributed by atoms with E-state index in [1.165, 1.54) is 0 Å². The van der Waals surface area contributed by atoms with Crippen LogP contribution in [0, 0.1) is 27.7 Å². The maximum Gasteiger partial charge on any atom is 0.264 e. The van der Waals surface area contributed by atoms with Crippen molar-refractivity contribution < 1.29 is 13.0 Å². The van der Waals surface area contributed by atoms with Crippen molar-refractivity contribution in [1.29, 1.82) is 0 Å². The van der Waals surface area contributed by atoms with Gasteiger partial charge in [-0.2, -0.15) is 8.42 Å². The van der Waals surface area contributed by atoms with Crippen LogP contribution in [0.15, 0.2) is 24.3 Å². The van der Waals surface area contributed by atoms with Crippen LogP contribution in [0.3, 0.4) is 0 Å². The van der Waals surface area contributed by atoms with Crippen molar-refractivity contribution in [1.82, 2.24) is 0 Å². The van der Waals surface area contributed by atoms with Gasteiger partial charge in [0.2, 0.25) is 0 Å². The van der Waals surface area contributed by atoms with Crippen LogP contribution in [0.4, 0.5) is 11.4 Å². The smallest absolute Gasteiger partial charge is 0.264 e. The van der Waals surface area contributed by atoms with Gasteiger partial charge in [-0.15, -0.1) is 0 Å². The number of benzene rings is 2. The average molecular weight is 385 g/mol. The second-order valence-electron chi connectivity index (χ2n) is 6.58. The molecule has 0 saturated carbocycles. The van der Waals surface area contributed by atoms with Crippen LogP contribution < -0.4 is 11.1 Å². The molecule has 0 heterocycles. The van der Waals surface area contributed by atoms with Crippen molar-refractivity contribution in [3.63, 3.8) is 0 Å². The molecule has 0 spiro atoms. The normalized spacial score (nSPS) is 11.1. The summed E-state index contributed by atoms with van der Waals surface area (Å²) in [7, 11) is -3.90. The third kappa shape index (κ3) is 5.99. The summed E-state index contributed by atoms with van der Waals surface area (Å²) in [6.45, 7) is 8.56. The maximum atomic E-state index is 10.8. The first-order valence-corrected chi connectivity index (χ1v) is 9.87. The Balaban J connectivity index is 0.00000338. The molecule has 0 aliphatic rings. The fourth-order valence-corrected chi connectivity index (χ4v) is 3.53. The van der Waals surface area contributed by atoms with E-state index >= 15 is 0 Å². The molecule has 137 valence electrons. The van der Waals surface area contributed by atoms with Crippen LogP contribution in [0.1, 0.15) is 28.7 Å². The molecule has 26 heavy (non-hydrogen) atoms. The molecule has 0 fully saturated rings. The van der Waals surface area contributed by atoms with Crippen molar-refractivity contribution in [2.24, 2.45) is 0 Å². The van der Waals surface area contributed by atoms with Gasteiger partial charge >= 0.3 is 0 Å². The minimum Gasteiger partial charge on any atom is -0.398 e. The molecule has 0 amide bonds. The van der Waals surface area contributed by atoms with Gasteiger partial charge in [-0.25, -0.2) is 0 Å². The third-order valence-corrected chi connectivity index (χ3v) is 5.15. The Labute approximate surface area is 178 Å². The average Bonchev–Trinajstić information content (AvgIpc) is 2.49. The number of anilines is 2. The summed E-state index contributed by atoms with van der Waals surface area (Å²) in [4.78, 5) is 0. The molecule has 4 N–H and O–H groups in total. The van der Waals surface area contributed by atoms with Gasteiger partial charge in [-0.1, -0.05) is 0 Å². The zero-order chi connectivity index (χ0) is 18.8. The molecule has 2 rings (SSSR count). The van der Waals surface area contributed by atoms with E-state index in [0.29, 0.717) is 13.0 Å². The molecule has 2 aromatic carbocycles. The molecule has 2 aromatic rings. The minimum absolute atomic E-state index is 0. The van der Waals surface area contributed by atoms with Crippen LogP contribution in [0.5, 0.6) is 0 Å². The van der Waals surface area contributed by atoms with Gasteiger partial charge in [0.05, 0.1) is 5.75 Å². The van der Waals surface area contributed by atoms with Crippen LogP contribution in [-0.2, 0) is 10.1 Å². The number of nitrogen functional groups attached to an aromatic ring is 1. The summed E-state index contributed by atoms with van der Waals surface area (Å²) in [5.41, 5.74) is 14.5. The van der Waals surface area contributed by atoms with Gasteiger partial charge in [0.25, 0.3) is 10.1 Å². The van der Waals surface area contributed by atoms with E-state index in [0.717, 1.165) is 44.8 Å². The Morgan fingerprint density at radius 2 is 1.35 bits per heavy atom. The van der Waals surface area contributed by atoms with Crippen molar-refractivity contribution in [3.05, 3.63) is 46.5 Å². The Morgan fingerprint density at radius 3 is 1.77 bits per heavy atom. The number of rotatable bonds is 6. The number of aryl methyl sites for hydroxylation is 4. The zero-order valence-corrected chi connectivity index (χ0v) is 19.0. The van der Waals surface area contributed by atoms with E-state index in [1.807, 2.05) is 27.7 Å². The van der Waals surface area contributed by atoms with Crippen molar-refractivity contribution >= 4 is 51.1 Å². The van der Waals surface area contributed by atoms with Gasteiger partial charge in [-0.05, 0) is 91.8 Å². The number of hydrogen-bond acceptors (Lipinski definition) is 4. The molecule has 0 atom stereocenters. The summed E-state index contributed by atoms with van der Waals surface area (Å²) in [5, 5.41) is 3.27. The van der Waals surface area contributed by atoms with Crippen LogP contribution in [0.2, 0.25) is 0 Å². The van der Waals surface area contributed by atoms with Gasteiger partial charge in [-0.3, -0.25) is 4.55 Å². The zero-order valence-electron chi connectivity index (χ0n) is 16.2. The first kappa shape index (κ1) is 23.0. The molecule has 5 nitrogen and oxygen atoms in total. The van der Waals surface area contributed by atoms with E-state index < -0.39 is 10.1 Å². The Hall–Kier alpha value is -1.05. The monoisotopic (exact) mass is 385 g/mol. The molecule has 0 bridgehead atoms.